The largest absolute Gasteiger partial charge is 0.486 e. The average molecular weight is 492 g/mol. The number of benzene rings is 1. The van der Waals surface area contributed by atoms with Gasteiger partial charge in [0.1, 0.15) is 23.7 Å². The van der Waals surface area contributed by atoms with Gasteiger partial charge in [0.2, 0.25) is 6.79 Å². The van der Waals surface area contributed by atoms with E-state index in [9.17, 15) is 14.4 Å². The third kappa shape index (κ3) is 8.02. The van der Waals surface area contributed by atoms with E-state index in [4.69, 9.17) is 30.5 Å². The summed E-state index contributed by atoms with van der Waals surface area (Å²) in [7, 11) is 0. The first kappa shape index (κ1) is 27.1. The molecule has 184 valence electrons. The van der Waals surface area contributed by atoms with Crippen molar-refractivity contribution >= 4 is 29.3 Å². The van der Waals surface area contributed by atoms with Crippen LogP contribution in [0.25, 0.3) is 0 Å². The number of carbonyl (C=O) groups excluding carboxylic acids is 3. The lowest BCUT2D eigenvalue weighted by Gasteiger charge is -2.29. The van der Waals surface area contributed by atoms with Crippen LogP contribution in [0.5, 0.6) is 11.5 Å². The molecule has 3 atom stereocenters. The van der Waals surface area contributed by atoms with Crippen LogP contribution in [0.4, 0.5) is 0 Å². The van der Waals surface area contributed by atoms with Crippen LogP contribution < -0.4 is 9.47 Å². The quantitative estimate of drug-likeness (QED) is 0.235. The molecule has 0 aliphatic rings. The second kappa shape index (κ2) is 12.9. The second-order valence-electron chi connectivity index (χ2n) is 8.18. The fourth-order valence-electron chi connectivity index (χ4n) is 3.19. The number of esters is 2. The van der Waals surface area contributed by atoms with Crippen LogP contribution in [0.3, 0.4) is 0 Å². The zero-order valence-corrected chi connectivity index (χ0v) is 20.7. The average Bonchev–Trinajstić information content (AvgIpc) is 2.78. The summed E-state index contributed by atoms with van der Waals surface area (Å²) in [5.41, 5.74) is -0.0557. The lowest BCUT2D eigenvalue weighted by atomic mass is 10.0. The van der Waals surface area contributed by atoms with E-state index in [0.29, 0.717) is 5.75 Å². The Morgan fingerprint density at radius 3 is 2.32 bits per heavy atom. The zero-order valence-electron chi connectivity index (χ0n) is 19.9. The predicted octanol–water partition coefficient (Wildman–Crippen LogP) is 4.88. The van der Waals surface area contributed by atoms with E-state index in [1.54, 1.807) is 13.8 Å². The molecule has 34 heavy (non-hydrogen) atoms. The number of para-hydroxylation sites is 1. The Labute approximate surface area is 204 Å². The first-order valence-corrected chi connectivity index (χ1v) is 11.3. The van der Waals surface area contributed by atoms with Crippen LogP contribution in [0, 0.1) is 11.8 Å². The van der Waals surface area contributed by atoms with Crippen molar-refractivity contribution in [3.05, 3.63) is 53.3 Å². The van der Waals surface area contributed by atoms with E-state index in [-0.39, 0.29) is 34.9 Å². The Bertz CT molecular complexity index is 980. The summed E-state index contributed by atoms with van der Waals surface area (Å²) in [6.45, 7) is 8.12. The molecule has 1 aromatic heterocycles. The SMILES string of the molecule is CC(=O)OCOc1c(Cl)ccnc1C(=O)C[C@@H](C)C(=O)O[C@@H](C)[C@H](Oc1ccccc1)C(C)C. The van der Waals surface area contributed by atoms with Crippen LogP contribution in [-0.4, -0.2) is 41.7 Å². The molecule has 0 fully saturated rings. The molecule has 2 rings (SSSR count). The van der Waals surface area contributed by atoms with E-state index in [0.717, 1.165) is 0 Å². The first-order valence-electron chi connectivity index (χ1n) is 11.0. The van der Waals surface area contributed by atoms with Gasteiger partial charge in [0, 0.05) is 19.5 Å². The molecule has 0 saturated heterocycles. The van der Waals surface area contributed by atoms with Gasteiger partial charge in [-0.3, -0.25) is 14.4 Å². The van der Waals surface area contributed by atoms with Gasteiger partial charge < -0.3 is 18.9 Å². The van der Waals surface area contributed by atoms with Crippen molar-refractivity contribution in [3.63, 3.8) is 0 Å². The standard InChI is InChI=1S/C25H30ClNO7/c1-15(2)23(34-19-9-7-6-8-10-19)17(4)33-25(30)16(3)13-21(29)22-24(20(26)11-12-27-22)32-14-31-18(5)28/h6-12,15-17,23H,13-14H2,1-5H3/t16-,17+,23-/m1/s1. The van der Waals surface area contributed by atoms with E-state index >= 15 is 0 Å². The van der Waals surface area contributed by atoms with Gasteiger partial charge in [-0.15, -0.1) is 0 Å². The minimum atomic E-state index is -0.749. The first-order chi connectivity index (χ1) is 16.1. The van der Waals surface area contributed by atoms with E-state index in [2.05, 4.69) is 4.98 Å². The summed E-state index contributed by atoms with van der Waals surface area (Å²) in [6, 6.07) is 10.7. The van der Waals surface area contributed by atoms with Crippen LogP contribution in [0.15, 0.2) is 42.6 Å². The van der Waals surface area contributed by atoms with Crippen molar-refractivity contribution in [1.29, 1.82) is 0 Å². The maximum Gasteiger partial charge on any atom is 0.309 e. The molecule has 0 radical (unpaired) electrons. The van der Waals surface area contributed by atoms with Gasteiger partial charge in [0.25, 0.3) is 0 Å². The molecule has 2 aromatic rings. The lowest BCUT2D eigenvalue weighted by molar-refractivity contribution is -0.158. The Hall–Kier alpha value is -3.13. The Morgan fingerprint density at radius 1 is 1.03 bits per heavy atom. The summed E-state index contributed by atoms with van der Waals surface area (Å²) < 4.78 is 21.7. The number of ketones is 1. The van der Waals surface area contributed by atoms with Crippen molar-refractivity contribution in [2.75, 3.05) is 6.79 Å². The smallest absolute Gasteiger partial charge is 0.309 e. The molecule has 0 N–H and O–H groups in total. The Morgan fingerprint density at radius 2 is 1.71 bits per heavy atom. The maximum absolute atomic E-state index is 12.9. The van der Waals surface area contributed by atoms with Crippen LogP contribution >= 0.6 is 11.6 Å². The number of hydrogen-bond donors (Lipinski definition) is 0. The number of nitrogens with zero attached hydrogens (tertiary/aromatic N) is 1. The molecule has 8 nitrogen and oxygen atoms in total. The monoisotopic (exact) mass is 491 g/mol. The highest BCUT2D eigenvalue weighted by molar-refractivity contribution is 6.32. The van der Waals surface area contributed by atoms with E-state index in [1.807, 2.05) is 44.2 Å². The zero-order chi connectivity index (χ0) is 25.3. The predicted molar refractivity (Wildman–Crippen MR) is 126 cm³/mol. The second-order valence-corrected chi connectivity index (χ2v) is 8.59. The fourth-order valence-corrected chi connectivity index (χ4v) is 3.39. The van der Waals surface area contributed by atoms with Gasteiger partial charge in [0.15, 0.2) is 11.5 Å². The summed E-state index contributed by atoms with van der Waals surface area (Å²) in [6.07, 6.45) is 0.268. The number of carbonyl (C=O) groups is 3. The molecule has 0 unspecified atom stereocenters. The lowest BCUT2D eigenvalue weighted by Crippen LogP contribution is -2.38. The highest BCUT2D eigenvalue weighted by Gasteiger charge is 2.30. The number of pyridine rings is 1. The van der Waals surface area contributed by atoms with E-state index in [1.165, 1.54) is 19.2 Å². The number of hydrogen-bond acceptors (Lipinski definition) is 8. The van der Waals surface area contributed by atoms with Gasteiger partial charge >= 0.3 is 11.9 Å². The van der Waals surface area contributed by atoms with Gasteiger partial charge in [-0.05, 0) is 31.0 Å². The van der Waals surface area contributed by atoms with Gasteiger partial charge in [-0.2, -0.15) is 0 Å². The highest BCUT2D eigenvalue weighted by Crippen LogP contribution is 2.29. The van der Waals surface area contributed by atoms with Gasteiger partial charge in [0.05, 0.1) is 10.9 Å². The van der Waals surface area contributed by atoms with Crippen LogP contribution in [-0.2, 0) is 19.1 Å². The maximum atomic E-state index is 12.9. The number of rotatable bonds is 12. The molecule has 9 heteroatoms. The third-order valence-corrected chi connectivity index (χ3v) is 5.21. The molecule has 1 aromatic carbocycles. The fraction of sp³-hybridized carbons (Fsp3) is 0.440. The highest BCUT2D eigenvalue weighted by atomic mass is 35.5. The molecule has 0 aliphatic carbocycles. The molecule has 0 spiro atoms. The summed E-state index contributed by atoms with van der Waals surface area (Å²) in [4.78, 5) is 40.6. The summed E-state index contributed by atoms with van der Waals surface area (Å²) >= 11 is 6.12. The molecule has 0 aliphatic heterocycles. The minimum absolute atomic E-state index is 0.0134. The third-order valence-electron chi connectivity index (χ3n) is 4.92. The van der Waals surface area contributed by atoms with E-state index < -0.39 is 36.5 Å². The van der Waals surface area contributed by atoms with Gasteiger partial charge in [-0.1, -0.05) is 50.6 Å². The van der Waals surface area contributed by atoms with Crippen LogP contribution in [0.2, 0.25) is 5.02 Å². The topological polar surface area (TPSA) is 101 Å². The van der Waals surface area contributed by atoms with Crippen molar-refractivity contribution in [3.8, 4) is 11.5 Å². The van der Waals surface area contributed by atoms with Crippen molar-refractivity contribution < 1.29 is 33.3 Å². The molecule has 0 bridgehead atoms. The number of Topliss-reactive ketones (excluding diaryl/α,β-unsaturated/α-hetero) is 1. The molecule has 0 saturated carbocycles. The van der Waals surface area contributed by atoms with Crippen molar-refractivity contribution in [2.24, 2.45) is 11.8 Å². The molecule has 0 amide bonds. The summed E-state index contributed by atoms with van der Waals surface area (Å²) in [5.74, 6) is -1.55. The molecular formula is C25H30ClNO7. The van der Waals surface area contributed by atoms with Crippen molar-refractivity contribution in [1.82, 2.24) is 4.98 Å². The molecule has 1 heterocycles. The molecular weight excluding hydrogens is 462 g/mol. The Kier molecular flexibility index (Phi) is 10.3. The number of aromatic nitrogens is 1. The summed E-state index contributed by atoms with van der Waals surface area (Å²) in [5, 5.41) is 0.132. The normalized spacial score (nSPS) is 13.5. The number of ether oxygens (including phenoxy) is 4. The Balaban J connectivity index is 2.02. The van der Waals surface area contributed by atoms with Crippen molar-refractivity contribution in [2.45, 2.75) is 53.2 Å². The van der Waals surface area contributed by atoms with Crippen LogP contribution in [0.1, 0.15) is 51.5 Å². The number of halogens is 1. The minimum Gasteiger partial charge on any atom is -0.486 e. The van der Waals surface area contributed by atoms with Gasteiger partial charge in [-0.25, -0.2) is 4.98 Å².